The highest BCUT2D eigenvalue weighted by Crippen LogP contribution is 1.96. The molecule has 5 heteroatoms. The van der Waals surface area contributed by atoms with E-state index in [1.165, 1.54) is 0 Å². The molecule has 0 radical (unpaired) electrons. The quantitative estimate of drug-likeness (QED) is 0.267. The molecule has 17 heavy (non-hydrogen) atoms. The zero-order chi connectivity index (χ0) is 13.1. The van der Waals surface area contributed by atoms with E-state index >= 15 is 0 Å². The van der Waals surface area contributed by atoms with E-state index in [4.69, 9.17) is 4.74 Å². The third-order valence-electron chi connectivity index (χ3n) is 2.02. The number of ketones is 1. The van der Waals surface area contributed by atoms with Crippen LogP contribution >= 0.6 is 0 Å². The molecule has 0 aliphatic rings. The van der Waals surface area contributed by atoms with E-state index < -0.39 is 24.1 Å². The topological polar surface area (TPSA) is 69.7 Å². The normalized spacial score (nSPS) is 9.76. The van der Waals surface area contributed by atoms with Crippen LogP contribution in [0.1, 0.15) is 46.0 Å². The van der Waals surface area contributed by atoms with Gasteiger partial charge in [-0.25, -0.2) is 4.79 Å². The lowest BCUT2D eigenvalue weighted by Crippen LogP contribution is -2.22. The Morgan fingerprint density at radius 1 is 0.882 bits per heavy atom. The van der Waals surface area contributed by atoms with Gasteiger partial charge < -0.3 is 9.47 Å². The van der Waals surface area contributed by atoms with E-state index in [9.17, 15) is 14.4 Å². The van der Waals surface area contributed by atoms with E-state index in [1.807, 2.05) is 13.8 Å². The highest BCUT2D eigenvalue weighted by atomic mass is 16.5. The Morgan fingerprint density at radius 3 is 1.94 bits per heavy atom. The largest absolute Gasteiger partial charge is 0.465 e. The van der Waals surface area contributed by atoms with Crippen LogP contribution < -0.4 is 0 Å². The molecule has 0 aromatic rings. The van der Waals surface area contributed by atoms with Crippen molar-refractivity contribution in [2.45, 2.75) is 46.0 Å². The molecule has 0 amide bonds. The molecule has 5 nitrogen and oxygen atoms in total. The zero-order valence-electron chi connectivity index (χ0n) is 10.5. The van der Waals surface area contributed by atoms with Gasteiger partial charge in [0.2, 0.25) is 0 Å². The molecule has 0 bridgehead atoms. The monoisotopic (exact) mass is 244 g/mol. The maximum absolute atomic E-state index is 11.2. The summed E-state index contributed by atoms with van der Waals surface area (Å²) in [7, 11) is 0. The van der Waals surface area contributed by atoms with Crippen molar-refractivity contribution in [1.29, 1.82) is 0 Å². The van der Waals surface area contributed by atoms with Crippen molar-refractivity contribution in [3.63, 3.8) is 0 Å². The van der Waals surface area contributed by atoms with E-state index in [1.54, 1.807) is 0 Å². The first kappa shape index (κ1) is 15.6. The number of carbonyl (C=O) groups excluding carboxylic acids is 3. The molecule has 0 aliphatic carbocycles. The van der Waals surface area contributed by atoms with Crippen LogP contribution in [-0.4, -0.2) is 30.9 Å². The van der Waals surface area contributed by atoms with E-state index in [2.05, 4.69) is 4.74 Å². The molecule has 0 spiro atoms. The lowest BCUT2D eigenvalue weighted by Gasteiger charge is -2.04. The fraction of sp³-hybridized carbons (Fsp3) is 0.750. The van der Waals surface area contributed by atoms with Crippen molar-refractivity contribution >= 4 is 17.7 Å². The molecule has 0 heterocycles. The number of rotatable bonds is 9. The number of unbranched alkanes of at least 4 members (excludes halogenated alkanes) is 2. The van der Waals surface area contributed by atoms with Crippen LogP contribution in [0.5, 0.6) is 0 Å². The zero-order valence-corrected chi connectivity index (χ0v) is 10.5. The molecular formula is C12H20O5. The van der Waals surface area contributed by atoms with Gasteiger partial charge in [0.15, 0.2) is 0 Å². The lowest BCUT2D eigenvalue weighted by molar-refractivity contribution is -0.158. The summed E-state index contributed by atoms with van der Waals surface area (Å²) in [6, 6.07) is 0. The fourth-order valence-corrected chi connectivity index (χ4v) is 0.974. The van der Waals surface area contributed by atoms with Crippen LogP contribution in [0.4, 0.5) is 0 Å². The highest BCUT2D eigenvalue weighted by Gasteiger charge is 2.19. The second kappa shape index (κ2) is 9.81. The van der Waals surface area contributed by atoms with Gasteiger partial charge in [-0.05, 0) is 12.8 Å². The summed E-state index contributed by atoms with van der Waals surface area (Å²) < 4.78 is 9.44. The average Bonchev–Trinajstić information content (AvgIpc) is 2.29. The van der Waals surface area contributed by atoms with Crippen molar-refractivity contribution in [2.24, 2.45) is 0 Å². The second-order valence-corrected chi connectivity index (χ2v) is 3.66. The molecule has 0 unspecified atom stereocenters. The van der Waals surface area contributed by atoms with Crippen molar-refractivity contribution in [3.8, 4) is 0 Å². The number of esters is 2. The Kier molecular flexibility index (Phi) is 9.01. The first-order valence-corrected chi connectivity index (χ1v) is 5.97. The highest BCUT2D eigenvalue weighted by molar-refractivity contribution is 6.36. The van der Waals surface area contributed by atoms with E-state index in [-0.39, 0.29) is 13.2 Å². The predicted molar refractivity (Wildman–Crippen MR) is 61.4 cm³/mol. The van der Waals surface area contributed by atoms with Gasteiger partial charge in [0.25, 0.3) is 5.78 Å². The molecule has 0 saturated carbocycles. The predicted octanol–water partition coefficient (Wildman–Crippen LogP) is 1.63. The minimum Gasteiger partial charge on any atom is -0.465 e. The van der Waals surface area contributed by atoms with Crippen LogP contribution in [0.2, 0.25) is 0 Å². The molecule has 98 valence electrons. The number of hydrogen-bond acceptors (Lipinski definition) is 5. The van der Waals surface area contributed by atoms with E-state index in [0.717, 1.165) is 19.3 Å². The first-order valence-electron chi connectivity index (χ1n) is 5.97. The van der Waals surface area contributed by atoms with Crippen LogP contribution in [0.15, 0.2) is 0 Å². The van der Waals surface area contributed by atoms with Crippen molar-refractivity contribution in [3.05, 3.63) is 0 Å². The summed E-state index contributed by atoms with van der Waals surface area (Å²) in [4.78, 5) is 33.4. The van der Waals surface area contributed by atoms with Gasteiger partial charge in [-0.1, -0.05) is 26.7 Å². The van der Waals surface area contributed by atoms with Gasteiger partial charge >= 0.3 is 11.9 Å². The van der Waals surface area contributed by atoms with Gasteiger partial charge in [0, 0.05) is 0 Å². The standard InChI is InChI=1S/C12H20O5/c1-3-5-7-16-11(14)9-10(13)12(15)17-8-6-4-2/h3-9H2,1-2H3. The van der Waals surface area contributed by atoms with Crippen molar-refractivity contribution in [1.82, 2.24) is 0 Å². The van der Waals surface area contributed by atoms with Crippen LogP contribution in [0.25, 0.3) is 0 Å². The molecule has 0 saturated heterocycles. The third kappa shape index (κ3) is 8.42. The number of Topliss-reactive ketones (excluding diaryl/α,β-unsaturated/α-hetero) is 1. The third-order valence-corrected chi connectivity index (χ3v) is 2.02. The SMILES string of the molecule is CCCCOC(=O)CC(=O)C(=O)OCCCC. The maximum Gasteiger partial charge on any atom is 0.375 e. The number of ether oxygens (including phenoxy) is 2. The number of hydrogen-bond donors (Lipinski definition) is 0. The Morgan fingerprint density at radius 2 is 1.41 bits per heavy atom. The van der Waals surface area contributed by atoms with Gasteiger partial charge in [0.1, 0.15) is 6.42 Å². The Balaban J connectivity index is 3.75. The minimum absolute atomic E-state index is 0.214. The number of carbonyl (C=O) groups is 3. The van der Waals surface area contributed by atoms with Gasteiger partial charge in [-0.3, -0.25) is 9.59 Å². The average molecular weight is 244 g/mol. The lowest BCUT2D eigenvalue weighted by atomic mass is 10.3. The molecule has 0 rings (SSSR count). The van der Waals surface area contributed by atoms with E-state index in [0.29, 0.717) is 6.42 Å². The fourth-order valence-electron chi connectivity index (χ4n) is 0.974. The molecular weight excluding hydrogens is 224 g/mol. The van der Waals surface area contributed by atoms with Gasteiger partial charge in [-0.15, -0.1) is 0 Å². The molecule has 0 fully saturated rings. The smallest absolute Gasteiger partial charge is 0.375 e. The summed E-state index contributed by atoms with van der Waals surface area (Å²) in [5.74, 6) is -2.47. The summed E-state index contributed by atoms with van der Waals surface area (Å²) in [6.45, 7) is 4.41. The summed E-state index contributed by atoms with van der Waals surface area (Å²) >= 11 is 0. The molecule has 0 aliphatic heterocycles. The Bertz CT molecular complexity index is 260. The van der Waals surface area contributed by atoms with Crippen LogP contribution in [0, 0.1) is 0 Å². The van der Waals surface area contributed by atoms with Crippen LogP contribution in [-0.2, 0) is 23.9 Å². The maximum atomic E-state index is 11.2. The summed E-state index contributed by atoms with van der Waals surface area (Å²) in [5.41, 5.74) is 0. The Labute approximate surface area is 101 Å². The minimum atomic E-state index is -0.953. The molecule has 0 N–H and O–H groups in total. The second-order valence-electron chi connectivity index (χ2n) is 3.66. The summed E-state index contributed by atoms with van der Waals surface area (Å²) in [5, 5.41) is 0. The molecule has 0 atom stereocenters. The van der Waals surface area contributed by atoms with Gasteiger partial charge in [-0.2, -0.15) is 0 Å². The molecule has 0 aromatic carbocycles. The van der Waals surface area contributed by atoms with Crippen LogP contribution in [0.3, 0.4) is 0 Å². The summed E-state index contributed by atoms with van der Waals surface area (Å²) in [6.07, 6.45) is 2.70. The Hall–Kier alpha value is -1.39. The van der Waals surface area contributed by atoms with Crippen molar-refractivity contribution in [2.75, 3.05) is 13.2 Å². The van der Waals surface area contributed by atoms with Crippen molar-refractivity contribution < 1.29 is 23.9 Å². The molecule has 0 aromatic heterocycles. The first-order chi connectivity index (χ1) is 8.11. The van der Waals surface area contributed by atoms with Gasteiger partial charge in [0.05, 0.1) is 13.2 Å².